The molecule has 0 spiro atoms. The summed E-state index contributed by atoms with van der Waals surface area (Å²) in [7, 11) is 1.28. The van der Waals surface area contributed by atoms with Crippen LogP contribution >= 0.6 is 11.6 Å². The molecular formula is C24H26ClF4NO3. The minimum atomic E-state index is -4.66. The Kier molecular flexibility index (Phi) is 8.89. The summed E-state index contributed by atoms with van der Waals surface area (Å²) >= 11 is 6.22. The molecule has 2 rings (SSSR count). The first kappa shape index (κ1) is 26.6. The molecule has 9 heteroatoms. The molecule has 1 N–H and O–H groups in total. The fraction of sp³-hybridized carbons (Fsp3) is 0.417. The van der Waals surface area contributed by atoms with Crippen LogP contribution < -0.4 is 5.32 Å². The summed E-state index contributed by atoms with van der Waals surface area (Å²) in [6.45, 7) is 4.73. The van der Waals surface area contributed by atoms with E-state index in [9.17, 15) is 27.2 Å². The second kappa shape index (κ2) is 11.0. The number of hydrogen-bond acceptors (Lipinski definition) is 3. The van der Waals surface area contributed by atoms with E-state index in [0.29, 0.717) is 5.56 Å². The third-order valence-corrected chi connectivity index (χ3v) is 5.95. The van der Waals surface area contributed by atoms with Crippen LogP contribution in [0.1, 0.15) is 50.2 Å². The van der Waals surface area contributed by atoms with Gasteiger partial charge in [0, 0.05) is 0 Å². The number of rotatable bonds is 8. The Morgan fingerprint density at radius 2 is 1.61 bits per heavy atom. The average Bonchev–Trinajstić information content (AvgIpc) is 2.74. The molecule has 0 bridgehead atoms. The van der Waals surface area contributed by atoms with Crippen molar-refractivity contribution >= 4 is 29.2 Å². The molecule has 0 aliphatic rings. The molecule has 4 nitrogen and oxygen atoms in total. The first-order chi connectivity index (χ1) is 15.3. The zero-order valence-corrected chi connectivity index (χ0v) is 19.4. The van der Waals surface area contributed by atoms with Crippen LogP contribution in [-0.4, -0.2) is 25.2 Å². The van der Waals surface area contributed by atoms with Crippen LogP contribution in [0.15, 0.2) is 42.5 Å². The normalized spacial score (nSPS) is 14.5. The Labute approximate surface area is 195 Å². The van der Waals surface area contributed by atoms with Crippen molar-refractivity contribution in [3.8, 4) is 0 Å². The van der Waals surface area contributed by atoms with Crippen LogP contribution in [0.5, 0.6) is 0 Å². The number of benzene rings is 2. The summed E-state index contributed by atoms with van der Waals surface area (Å²) in [4.78, 5) is 24.9. The van der Waals surface area contributed by atoms with Crippen LogP contribution in [-0.2, 0) is 14.3 Å². The summed E-state index contributed by atoms with van der Waals surface area (Å²) in [5, 5.41) is 2.63. The van der Waals surface area contributed by atoms with E-state index < -0.39 is 35.7 Å². The number of alkyl halides is 3. The van der Waals surface area contributed by atoms with E-state index >= 15 is 0 Å². The molecule has 33 heavy (non-hydrogen) atoms. The van der Waals surface area contributed by atoms with Crippen LogP contribution in [0.3, 0.4) is 0 Å². The number of amides is 1. The molecule has 0 saturated heterocycles. The molecule has 180 valence electrons. The van der Waals surface area contributed by atoms with Crippen LogP contribution in [0, 0.1) is 17.7 Å². The third-order valence-electron chi connectivity index (χ3n) is 5.62. The number of ether oxygens (including phenoxy) is 1. The van der Waals surface area contributed by atoms with Gasteiger partial charge in [0.15, 0.2) is 0 Å². The van der Waals surface area contributed by atoms with Crippen molar-refractivity contribution in [1.82, 2.24) is 0 Å². The van der Waals surface area contributed by atoms with E-state index in [4.69, 9.17) is 16.3 Å². The van der Waals surface area contributed by atoms with Gasteiger partial charge in [-0.25, -0.2) is 4.39 Å². The maximum atomic E-state index is 13.5. The van der Waals surface area contributed by atoms with Gasteiger partial charge in [-0.05, 0) is 47.2 Å². The average molecular weight is 488 g/mol. The minimum Gasteiger partial charge on any atom is -0.469 e. The maximum Gasteiger partial charge on any atom is 0.392 e. The number of halogens is 5. The van der Waals surface area contributed by atoms with Crippen molar-refractivity contribution in [2.75, 3.05) is 12.4 Å². The van der Waals surface area contributed by atoms with Crippen molar-refractivity contribution in [1.29, 1.82) is 0 Å². The first-order valence-corrected chi connectivity index (χ1v) is 10.7. The zero-order valence-electron chi connectivity index (χ0n) is 18.7. The fourth-order valence-corrected chi connectivity index (χ4v) is 3.77. The van der Waals surface area contributed by atoms with Gasteiger partial charge in [0.1, 0.15) is 5.82 Å². The second-order valence-electron chi connectivity index (χ2n) is 8.22. The lowest BCUT2D eigenvalue weighted by Gasteiger charge is -2.26. The van der Waals surface area contributed by atoms with Gasteiger partial charge < -0.3 is 10.1 Å². The molecular weight excluding hydrogens is 462 g/mol. The first-order valence-electron chi connectivity index (χ1n) is 10.3. The number of carbonyl (C=O) groups excluding carboxylic acids is 2. The van der Waals surface area contributed by atoms with Crippen LogP contribution in [0.25, 0.3) is 0 Å². The van der Waals surface area contributed by atoms with Gasteiger partial charge in [-0.15, -0.1) is 0 Å². The predicted molar refractivity (Wildman–Crippen MR) is 119 cm³/mol. The molecule has 3 atom stereocenters. The summed E-state index contributed by atoms with van der Waals surface area (Å²) in [5.41, 5.74) is 0.824. The minimum absolute atomic E-state index is 0.0248. The highest BCUT2D eigenvalue weighted by atomic mass is 35.5. The lowest BCUT2D eigenvalue weighted by Crippen LogP contribution is -2.34. The van der Waals surface area contributed by atoms with E-state index in [-0.39, 0.29) is 34.5 Å². The standard InChI is InChI=1S/C24H26ClF4NO3/c1-13(2)18(12-21(31)33-4)16-7-10-19(25)20(11-16)30-23(32)22(14(3)24(27,28)29)15-5-8-17(26)9-6-15/h5-11,13-14,18,22H,12H2,1-4H3,(H,30,32). The van der Waals surface area contributed by atoms with E-state index in [0.717, 1.165) is 31.2 Å². The Morgan fingerprint density at radius 1 is 1.03 bits per heavy atom. The van der Waals surface area contributed by atoms with Gasteiger partial charge in [0.2, 0.25) is 5.91 Å². The van der Waals surface area contributed by atoms with Crippen molar-refractivity contribution in [3.63, 3.8) is 0 Å². The monoisotopic (exact) mass is 487 g/mol. The van der Waals surface area contributed by atoms with Gasteiger partial charge in [-0.2, -0.15) is 13.2 Å². The molecule has 0 heterocycles. The maximum absolute atomic E-state index is 13.5. The number of nitrogens with one attached hydrogen (secondary N) is 1. The van der Waals surface area contributed by atoms with E-state index in [1.807, 2.05) is 13.8 Å². The van der Waals surface area contributed by atoms with Crippen molar-refractivity contribution in [2.24, 2.45) is 11.8 Å². The number of carbonyl (C=O) groups is 2. The van der Waals surface area contributed by atoms with Crippen molar-refractivity contribution < 1.29 is 31.9 Å². The lowest BCUT2D eigenvalue weighted by atomic mass is 9.85. The molecule has 0 aromatic heterocycles. The highest BCUT2D eigenvalue weighted by molar-refractivity contribution is 6.33. The summed E-state index contributed by atoms with van der Waals surface area (Å²) < 4.78 is 58.7. The number of anilines is 1. The highest BCUT2D eigenvalue weighted by Gasteiger charge is 2.45. The predicted octanol–water partition coefficient (Wildman–Crippen LogP) is 6.70. The molecule has 0 aliphatic heterocycles. The second-order valence-corrected chi connectivity index (χ2v) is 8.63. The highest BCUT2D eigenvalue weighted by Crippen LogP contribution is 2.39. The topological polar surface area (TPSA) is 55.4 Å². The Bertz CT molecular complexity index is 977. The summed E-state index contributed by atoms with van der Waals surface area (Å²) in [5.74, 6) is -5.85. The van der Waals surface area contributed by atoms with Crippen LogP contribution in [0.2, 0.25) is 5.02 Å². The smallest absolute Gasteiger partial charge is 0.392 e. The Morgan fingerprint density at radius 3 is 2.12 bits per heavy atom. The van der Waals surface area contributed by atoms with E-state index in [1.165, 1.54) is 13.2 Å². The van der Waals surface area contributed by atoms with Gasteiger partial charge in [-0.3, -0.25) is 9.59 Å². The van der Waals surface area contributed by atoms with Crippen molar-refractivity contribution in [3.05, 3.63) is 64.4 Å². The van der Waals surface area contributed by atoms with Crippen molar-refractivity contribution in [2.45, 2.75) is 45.2 Å². The van der Waals surface area contributed by atoms with Gasteiger partial charge in [0.05, 0.1) is 36.1 Å². The van der Waals surface area contributed by atoms with Crippen LogP contribution in [0.4, 0.5) is 23.2 Å². The number of esters is 1. The fourth-order valence-electron chi connectivity index (χ4n) is 3.61. The van der Waals surface area contributed by atoms with Gasteiger partial charge in [0.25, 0.3) is 0 Å². The Hall–Kier alpha value is -2.61. The Balaban J connectivity index is 2.41. The van der Waals surface area contributed by atoms with Gasteiger partial charge in [-0.1, -0.05) is 50.6 Å². The third kappa shape index (κ3) is 6.93. The summed E-state index contributed by atoms with van der Waals surface area (Å²) in [6, 6.07) is 9.09. The quantitative estimate of drug-likeness (QED) is 0.333. The lowest BCUT2D eigenvalue weighted by molar-refractivity contribution is -0.178. The number of hydrogen-bond donors (Lipinski definition) is 1. The summed E-state index contributed by atoms with van der Waals surface area (Å²) in [6.07, 6.45) is -4.57. The molecule has 2 aromatic carbocycles. The van der Waals surface area contributed by atoms with Gasteiger partial charge >= 0.3 is 12.1 Å². The molecule has 0 aliphatic carbocycles. The largest absolute Gasteiger partial charge is 0.469 e. The molecule has 2 aromatic rings. The SMILES string of the molecule is COC(=O)CC(c1ccc(Cl)c(NC(=O)C(c2ccc(F)cc2)C(C)C(F)(F)F)c1)C(C)C. The molecule has 0 radical (unpaired) electrons. The molecule has 1 amide bonds. The van der Waals surface area contributed by atoms with E-state index in [1.54, 1.807) is 12.1 Å². The zero-order chi connectivity index (χ0) is 24.9. The number of methoxy groups -OCH3 is 1. The molecule has 3 unspecified atom stereocenters. The molecule has 0 saturated carbocycles. The van der Waals surface area contributed by atoms with E-state index in [2.05, 4.69) is 5.32 Å². The molecule has 0 fully saturated rings.